The second-order valence-electron chi connectivity index (χ2n) is 6.40. The van der Waals surface area contributed by atoms with Crippen molar-refractivity contribution in [3.05, 3.63) is 53.7 Å². The molecule has 4 rings (SSSR count). The third-order valence-electron chi connectivity index (χ3n) is 4.35. The Bertz CT molecular complexity index is 1240. The van der Waals surface area contributed by atoms with Crippen LogP contribution in [-0.4, -0.2) is 45.4 Å². The van der Waals surface area contributed by atoms with Crippen molar-refractivity contribution in [3.63, 3.8) is 0 Å². The zero-order valence-corrected chi connectivity index (χ0v) is 17.2. The van der Waals surface area contributed by atoms with Crippen LogP contribution in [0, 0.1) is 11.6 Å². The van der Waals surface area contributed by atoms with Crippen LogP contribution >= 0.6 is 0 Å². The van der Waals surface area contributed by atoms with Gasteiger partial charge in [-0.05, 0) is 12.1 Å². The molecule has 0 spiro atoms. The standard InChI is InChI=1S/C18H16F2N8.C2H4O2/c1-23-14-15(21)25-17(26-16(14)22)13-11-6-10(19)7-24-18(11)28(27-13)8-9-4-2-3-5-12(9)20;1-4-2-3/h2-7,23H,8H2,1H3,(H4,21,22,25,26);2H,1H3. The van der Waals surface area contributed by atoms with Gasteiger partial charge in [0.15, 0.2) is 23.1 Å². The summed E-state index contributed by atoms with van der Waals surface area (Å²) in [4.78, 5) is 21.5. The van der Waals surface area contributed by atoms with Crippen molar-refractivity contribution in [1.82, 2.24) is 24.7 Å². The fourth-order valence-corrected chi connectivity index (χ4v) is 2.96. The lowest BCUT2D eigenvalue weighted by Crippen LogP contribution is -2.08. The van der Waals surface area contributed by atoms with E-state index < -0.39 is 5.82 Å². The molecule has 5 N–H and O–H groups in total. The monoisotopic (exact) mass is 442 g/mol. The minimum absolute atomic E-state index is 0.0986. The van der Waals surface area contributed by atoms with E-state index in [1.54, 1.807) is 25.2 Å². The molecule has 3 heterocycles. The molecule has 1 aromatic carbocycles. The molecule has 12 heteroatoms. The SMILES string of the molecule is CNc1c(N)nc(-c2nn(Cc3ccccc3F)c3ncc(F)cc23)nc1N.COC=O. The lowest BCUT2D eigenvalue weighted by atomic mass is 10.2. The summed E-state index contributed by atoms with van der Waals surface area (Å²) in [6.45, 7) is 0.474. The fraction of sp³-hybridized carbons (Fsp3) is 0.150. The Labute approximate surface area is 181 Å². The van der Waals surface area contributed by atoms with Gasteiger partial charge >= 0.3 is 0 Å². The zero-order chi connectivity index (χ0) is 23.3. The summed E-state index contributed by atoms with van der Waals surface area (Å²) in [5.74, 6) is -0.541. The van der Waals surface area contributed by atoms with E-state index in [1.165, 1.54) is 23.9 Å². The Balaban J connectivity index is 0.000000668. The maximum atomic E-state index is 14.1. The quantitative estimate of drug-likeness (QED) is 0.396. The number of fused-ring (bicyclic) bond motifs is 1. The average molecular weight is 442 g/mol. The van der Waals surface area contributed by atoms with Gasteiger partial charge in [0.25, 0.3) is 6.47 Å². The molecule has 3 aromatic heterocycles. The normalized spacial score (nSPS) is 10.4. The van der Waals surface area contributed by atoms with Gasteiger partial charge in [-0.1, -0.05) is 18.2 Å². The first kappa shape index (κ1) is 22.3. The highest BCUT2D eigenvalue weighted by atomic mass is 19.1. The van der Waals surface area contributed by atoms with Gasteiger partial charge in [-0.3, -0.25) is 4.79 Å². The van der Waals surface area contributed by atoms with Gasteiger partial charge in [-0.15, -0.1) is 0 Å². The van der Waals surface area contributed by atoms with E-state index in [1.807, 2.05) is 0 Å². The second-order valence-corrected chi connectivity index (χ2v) is 6.40. The van der Waals surface area contributed by atoms with Crippen molar-refractivity contribution in [3.8, 4) is 11.5 Å². The number of anilines is 3. The molecular weight excluding hydrogens is 422 g/mol. The Morgan fingerprint density at radius 2 is 1.84 bits per heavy atom. The lowest BCUT2D eigenvalue weighted by molar-refractivity contribution is -0.126. The van der Waals surface area contributed by atoms with E-state index in [0.29, 0.717) is 28.8 Å². The molecule has 0 unspecified atom stereocenters. The molecule has 0 saturated heterocycles. The number of halogens is 2. The average Bonchev–Trinajstić information content (AvgIpc) is 3.12. The molecule has 166 valence electrons. The highest BCUT2D eigenvalue weighted by Gasteiger charge is 2.20. The Morgan fingerprint density at radius 3 is 2.44 bits per heavy atom. The second kappa shape index (κ2) is 9.64. The minimum Gasteiger partial charge on any atom is -0.471 e. The highest BCUT2D eigenvalue weighted by molar-refractivity contribution is 5.90. The number of rotatable bonds is 5. The van der Waals surface area contributed by atoms with E-state index in [9.17, 15) is 8.78 Å². The van der Waals surface area contributed by atoms with E-state index in [-0.39, 0.29) is 35.5 Å². The van der Waals surface area contributed by atoms with Gasteiger partial charge < -0.3 is 21.5 Å². The van der Waals surface area contributed by atoms with Gasteiger partial charge in [0.1, 0.15) is 23.0 Å². The number of ether oxygens (including phenoxy) is 1. The van der Waals surface area contributed by atoms with Crippen LogP contribution in [0.15, 0.2) is 36.5 Å². The minimum atomic E-state index is -0.549. The van der Waals surface area contributed by atoms with Gasteiger partial charge in [0.05, 0.1) is 25.2 Å². The number of aromatic nitrogens is 5. The van der Waals surface area contributed by atoms with E-state index in [4.69, 9.17) is 16.3 Å². The van der Waals surface area contributed by atoms with Crippen molar-refractivity contribution >= 4 is 34.8 Å². The first-order valence-corrected chi connectivity index (χ1v) is 9.22. The number of nitrogens with two attached hydrogens (primary N) is 2. The molecule has 0 amide bonds. The number of benzene rings is 1. The molecule has 0 aliphatic carbocycles. The molecule has 10 nitrogen and oxygen atoms in total. The summed E-state index contributed by atoms with van der Waals surface area (Å²) in [5, 5.41) is 7.62. The van der Waals surface area contributed by atoms with Gasteiger partial charge in [-0.2, -0.15) is 5.10 Å². The van der Waals surface area contributed by atoms with Crippen LogP contribution in [0.3, 0.4) is 0 Å². The van der Waals surface area contributed by atoms with Crippen molar-refractivity contribution in [1.29, 1.82) is 0 Å². The molecule has 32 heavy (non-hydrogen) atoms. The van der Waals surface area contributed by atoms with Gasteiger partial charge in [0, 0.05) is 12.6 Å². The van der Waals surface area contributed by atoms with Crippen LogP contribution in [0.25, 0.3) is 22.6 Å². The summed E-state index contributed by atoms with van der Waals surface area (Å²) in [6, 6.07) is 7.58. The van der Waals surface area contributed by atoms with Crippen LogP contribution < -0.4 is 16.8 Å². The zero-order valence-electron chi connectivity index (χ0n) is 17.2. The number of pyridine rings is 1. The Hall–Kier alpha value is -4.35. The highest BCUT2D eigenvalue weighted by Crippen LogP contribution is 2.30. The van der Waals surface area contributed by atoms with Crippen LogP contribution in [0.1, 0.15) is 5.56 Å². The lowest BCUT2D eigenvalue weighted by Gasteiger charge is -2.08. The van der Waals surface area contributed by atoms with Crippen LogP contribution in [0.5, 0.6) is 0 Å². The van der Waals surface area contributed by atoms with Crippen molar-refractivity contribution in [2.24, 2.45) is 0 Å². The molecule has 0 atom stereocenters. The predicted molar refractivity (Wildman–Crippen MR) is 115 cm³/mol. The molecule has 0 fully saturated rings. The number of carbonyl (C=O) groups excluding carboxylic acids is 1. The van der Waals surface area contributed by atoms with E-state index in [0.717, 1.165) is 6.20 Å². The maximum Gasteiger partial charge on any atom is 0.292 e. The van der Waals surface area contributed by atoms with Crippen LogP contribution in [-0.2, 0) is 16.1 Å². The maximum absolute atomic E-state index is 14.1. The topological polar surface area (TPSA) is 147 Å². The number of carbonyl (C=O) groups is 1. The first-order chi connectivity index (χ1) is 15.4. The van der Waals surface area contributed by atoms with Crippen molar-refractivity contribution < 1.29 is 18.3 Å². The fourth-order valence-electron chi connectivity index (χ4n) is 2.96. The van der Waals surface area contributed by atoms with Crippen LogP contribution in [0.2, 0.25) is 0 Å². The van der Waals surface area contributed by atoms with E-state index in [2.05, 4.69) is 30.1 Å². The summed E-state index contributed by atoms with van der Waals surface area (Å²) >= 11 is 0. The molecular formula is C20H20F2N8O2. The number of nitrogens with zero attached hydrogens (tertiary/aromatic N) is 5. The smallest absolute Gasteiger partial charge is 0.292 e. The number of methoxy groups -OCH3 is 1. The van der Waals surface area contributed by atoms with Crippen LogP contribution in [0.4, 0.5) is 26.1 Å². The predicted octanol–water partition coefficient (Wildman–Crippen LogP) is 2.21. The molecule has 0 aliphatic heterocycles. The molecule has 0 bridgehead atoms. The summed E-state index contributed by atoms with van der Waals surface area (Å²) in [5.41, 5.74) is 13.3. The first-order valence-electron chi connectivity index (χ1n) is 9.22. The Kier molecular flexibility index (Phi) is 6.73. The number of nitrogen functional groups attached to an aromatic ring is 2. The number of nitrogens with one attached hydrogen (secondary N) is 1. The number of hydrogen-bond donors (Lipinski definition) is 3. The third kappa shape index (κ3) is 4.53. The molecule has 0 aliphatic rings. The van der Waals surface area contributed by atoms with Gasteiger partial charge in [0.2, 0.25) is 0 Å². The summed E-state index contributed by atoms with van der Waals surface area (Å²) in [6.07, 6.45) is 1.07. The largest absolute Gasteiger partial charge is 0.471 e. The molecule has 4 aromatic rings. The summed E-state index contributed by atoms with van der Waals surface area (Å²) < 4.78 is 33.2. The molecule has 0 radical (unpaired) electrons. The van der Waals surface area contributed by atoms with Gasteiger partial charge in [-0.25, -0.2) is 28.4 Å². The van der Waals surface area contributed by atoms with Crippen molar-refractivity contribution in [2.45, 2.75) is 6.54 Å². The molecule has 0 saturated carbocycles. The van der Waals surface area contributed by atoms with E-state index >= 15 is 0 Å². The third-order valence-corrected chi connectivity index (χ3v) is 4.35. The summed E-state index contributed by atoms with van der Waals surface area (Å²) in [7, 11) is 2.95. The van der Waals surface area contributed by atoms with Crippen molar-refractivity contribution in [2.75, 3.05) is 30.9 Å². The number of hydrogen-bond acceptors (Lipinski definition) is 9. The Morgan fingerprint density at radius 1 is 1.19 bits per heavy atom.